The molecule has 22 heavy (non-hydrogen) atoms. The van der Waals surface area contributed by atoms with Crippen LogP contribution in [0.15, 0.2) is 24.3 Å². The first kappa shape index (κ1) is 16.3. The van der Waals surface area contributed by atoms with Crippen LogP contribution in [-0.4, -0.2) is 40.7 Å². The molecule has 1 aromatic rings. The highest BCUT2D eigenvalue weighted by molar-refractivity contribution is 5.79. The van der Waals surface area contributed by atoms with Gasteiger partial charge in [0.1, 0.15) is 11.8 Å². The normalized spacial score (nSPS) is 18.1. The molecular weight excluding hydrogens is 280 g/mol. The van der Waals surface area contributed by atoms with Crippen molar-refractivity contribution in [3.05, 3.63) is 29.8 Å². The summed E-state index contributed by atoms with van der Waals surface area (Å²) >= 11 is 0. The fraction of sp³-hybridized carbons (Fsp3) is 0.529. The van der Waals surface area contributed by atoms with E-state index in [9.17, 15) is 9.90 Å². The van der Waals surface area contributed by atoms with Gasteiger partial charge in [0, 0.05) is 6.54 Å². The largest absolute Gasteiger partial charge is 0.479 e. The van der Waals surface area contributed by atoms with E-state index in [1.165, 1.54) is 0 Å². The van der Waals surface area contributed by atoms with Crippen LogP contribution in [0.4, 0.5) is 0 Å². The van der Waals surface area contributed by atoms with Crippen molar-refractivity contribution in [2.24, 2.45) is 0 Å². The van der Waals surface area contributed by atoms with Gasteiger partial charge in [0.15, 0.2) is 6.61 Å². The molecule has 1 unspecified atom stereocenters. The van der Waals surface area contributed by atoms with Crippen LogP contribution < -0.4 is 4.74 Å². The number of likely N-dealkylation sites (tertiary alicyclic amines) is 1. The van der Waals surface area contributed by atoms with Crippen molar-refractivity contribution >= 4 is 5.91 Å². The van der Waals surface area contributed by atoms with E-state index in [-0.39, 0.29) is 18.6 Å². The Balaban J connectivity index is 1.98. The summed E-state index contributed by atoms with van der Waals surface area (Å²) in [6.45, 7) is 4.23. The first-order chi connectivity index (χ1) is 10.4. The van der Waals surface area contributed by atoms with Crippen LogP contribution >= 0.6 is 0 Å². The molecule has 2 rings (SSSR count). The van der Waals surface area contributed by atoms with Crippen LogP contribution in [-0.2, 0) is 11.2 Å². The summed E-state index contributed by atoms with van der Waals surface area (Å²) in [7, 11) is 0. The third kappa shape index (κ3) is 3.99. The van der Waals surface area contributed by atoms with Gasteiger partial charge < -0.3 is 14.7 Å². The van der Waals surface area contributed by atoms with Gasteiger partial charge >= 0.3 is 0 Å². The van der Waals surface area contributed by atoms with Gasteiger partial charge in [0.05, 0.1) is 18.1 Å². The Hall–Kier alpha value is -2.06. The minimum Gasteiger partial charge on any atom is -0.479 e. The molecule has 1 saturated heterocycles. The molecule has 1 aromatic carbocycles. The molecule has 1 fully saturated rings. The summed E-state index contributed by atoms with van der Waals surface area (Å²) < 4.78 is 5.19. The summed E-state index contributed by atoms with van der Waals surface area (Å²) in [5.41, 5.74) is 0.0249. The number of aliphatic hydroxyl groups is 1. The van der Waals surface area contributed by atoms with E-state index in [0.29, 0.717) is 18.7 Å². The fourth-order valence-corrected chi connectivity index (χ4v) is 2.90. The zero-order valence-electron chi connectivity index (χ0n) is 13.1. The van der Waals surface area contributed by atoms with Gasteiger partial charge in [0.2, 0.25) is 5.91 Å². The highest BCUT2D eigenvalue weighted by Crippen LogP contribution is 2.27. The van der Waals surface area contributed by atoms with Crippen molar-refractivity contribution < 1.29 is 14.6 Å². The van der Waals surface area contributed by atoms with Gasteiger partial charge in [-0.25, -0.2) is 0 Å². The number of nitrogens with zero attached hydrogens (tertiary/aromatic N) is 2. The number of benzene rings is 1. The summed E-state index contributed by atoms with van der Waals surface area (Å²) in [6.07, 6.45) is 2.09. The molecule has 1 heterocycles. The Morgan fingerprint density at radius 2 is 2.14 bits per heavy atom. The average Bonchev–Trinajstić information content (AvgIpc) is 2.96. The van der Waals surface area contributed by atoms with Crippen molar-refractivity contribution in [2.75, 3.05) is 13.2 Å². The van der Waals surface area contributed by atoms with E-state index in [1.54, 1.807) is 30.9 Å². The maximum atomic E-state index is 12.5. The smallest absolute Gasteiger partial charge is 0.227 e. The number of nitriles is 1. The van der Waals surface area contributed by atoms with E-state index in [0.717, 1.165) is 18.4 Å². The fourth-order valence-electron chi connectivity index (χ4n) is 2.90. The molecule has 0 spiro atoms. The third-order valence-electron chi connectivity index (χ3n) is 3.97. The monoisotopic (exact) mass is 302 g/mol. The van der Waals surface area contributed by atoms with Crippen molar-refractivity contribution in [1.29, 1.82) is 5.26 Å². The minimum atomic E-state index is -0.874. The van der Waals surface area contributed by atoms with E-state index < -0.39 is 5.60 Å². The van der Waals surface area contributed by atoms with Gasteiger partial charge in [-0.3, -0.25) is 4.79 Å². The first-order valence-electron chi connectivity index (χ1n) is 7.52. The highest BCUT2D eigenvalue weighted by Gasteiger charge is 2.38. The molecule has 1 atom stereocenters. The number of hydrogen-bond donors (Lipinski definition) is 1. The molecule has 0 aromatic heterocycles. The maximum absolute atomic E-state index is 12.5. The predicted octanol–water partition coefficient (Wildman–Crippen LogP) is 1.89. The molecule has 1 amide bonds. The molecule has 5 heteroatoms. The average molecular weight is 302 g/mol. The molecule has 0 radical (unpaired) electrons. The summed E-state index contributed by atoms with van der Waals surface area (Å²) in [6, 6.07) is 8.99. The molecule has 1 aliphatic heterocycles. The Morgan fingerprint density at radius 1 is 1.45 bits per heavy atom. The molecule has 5 nitrogen and oxygen atoms in total. The second kappa shape index (κ2) is 6.80. The summed E-state index contributed by atoms with van der Waals surface area (Å²) in [4.78, 5) is 14.3. The zero-order valence-corrected chi connectivity index (χ0v) is 13.1. The van der Waals surface area contributed by atoms with Gasteiger partial charge in [-0.05, 0) is 44.4 Å². The summed E-state index contributed by atoms with van der Waals surface area (Å²) in [5.74, 6) is 0.656. The molecule has 0 saturated carbocycles. The van der Waals surface area contributed by atoms with Crippen LogP contribution in [0.3, 0.4) is 0 Å². The lowest BCUT2D eigenvalue weighted by Gasteiger charge is -2.34. The second-order valence-electron chi connectivity index (χ2n) is 6.17. The van der Waals surface area contributed by atoms with Crippen molar-refractivity contribution in [3.8, 4) is 11.8 Å². The number of carbonyl (C=O) groups excluding carboxylic acids is 1. The van der Waals surface area contributed by atoms with Crippen LogP contribution in [0.25, 0.3) is 0 Å². The van der Waals surface area contributed by atoms with E-state index in [4.69, 9.17) is 10.00 Å². The molecule has 1 N–H and O–H groups in total. The van der Waals surface area contributed by atoms with Gasteiger partial charge in [0.25, 0.3) is 0 Å². The van der Waals surface area contributed by atoms with Gasteiger partial charge in [-0.15, -0.1) is 0 Å². The van der Waals surface area contributed by atoms with Crippen LogP contribution in [0.2, 0.25) is 0 Å². The number of ether oxygens (including phenoxy) is 1. The number of hydrogen-bond acceptors (Lipinski definition) is 4. The molecule has 1 aliphatic rings. The lowest BCUT2D eigenvalue weighted by molar-refractivity contribution is -0.135. The third-order valence-corrected chi connectivity index (χ3v) is 3.97. The molecule has 0 bridgehead atoms. The quantitative estimate of drug-likeness (QED) is 0.901. The van der Waals surface area contributed by atoms with E-state index in [2.05, 4.69) is 0 Å². The predicted molar refractivity (Wildman–Crippen MR) is 82.3 cm³/mol. The van der Waals surface area contributed by atoms with Gasteiger partial charge in [-0.2, -0.15) is 5.26 Å². The van der Waals surface area contributed by atoms with Gasteiger partial charge in [-0.1, -0.05) is 12.1 Å². The van der Waals surface area contributed by atoms with Crippen LogP contribution in [0.5, 0.6) is 5.75 Å². The topological polar surface area (TPSA) is 73.6 Å². The number of amides is 1. The van der Waals surface area contributed by atoms with Crippen molar-refractivity contribution in [3.63, 3.8) is 0 Å². The Labute approximate surface area is 131 Å². The Bertz CT molecular complexity index is 555. The van der Waals surface area contributed by atoms with Crippen LogP contribution in [0.1, 0.15) is 32.3 Å². The SMILES string of the molecule is CC(C)(O)C1CCCN1C(=O)Cc1ccc(OCC#N)cc1. The molecular formula is C17H22N2O3. The Morgan fingerprint density at radius 3 is 2.73 bits per heavy atom. The van der Waals surface area contributed by atoms with E-state index >= 15 is 0 Å². The first-order valence-corrected chi connectivity index (χ1v) is 7.52. The highest BCUT2D eigenvalue weighted by atomic mass is 16.5. The Kier molecular flexibility index (Phi) is 5.04. The van der Waals surface area contributed by atoms with Crippen molar-refractivity contribution in [2.45, 2.75) is 44.8 Å². The van der Waals surface area contributed by atoms with Crippen molar-refractivity contribution in [1.82, 2.24) is 4.90 Å². The second-order valence-corrected chi connectivity index (χ2v) is 6.17. The van der Waals surface area contributed by atoms with Crippen LogP contribution in [0, 0.1) is 11.3 Å². The van der Waals surface area contributed by atoms with E-state index in [1.807, 2.05) is 18.2 Å². The molecule has 0 aliphatic carbocycles. The minimum absolute atomic E-state index is 0.0132. The maximum Gasteiger partial charge on any atom is 0.227 e. The number of rotatable bonds is 5. The molecule has 118 valence electrons. The standard InChI is InChI=1S/C17H22N2O3/c1-17(2,21)15-4-3-10-19(15)16(20)12-13-5-7-14(8-6-13)22-11-9-18/h5-8,15,21H,3-4,10-12H2,1-2H3. The lowest BCUT2D eigenvalue weighted by atomic mass is 9.96. The zero-order chi connectivity index (χ0) is 16.2. The summed E-state index contributed by atoms with van der Waals surface area (Å²) in [5, 5.41) is 18.7. The lowest BCUT2D eigenvalue weighted by Crippen LogP contribution is -2.48. The number of carbonyl (C=O) groups is 1.